The van der Waals surface area contributed by atoms with E-state index in [4.69, 9.17) is 0 Å². The molecule has 0 saturated heterocycles. The zero-order valence-electron chi connectivity index (χ0n) is 16.3. The fourth-order valence-electron chi connectivity index (χ4n) is 2.82. The second kappa shape index (κ2) is 8.45. The molecule has 0 aliphatic rings. The molecule has 150 valence electrons. The molecule has 0 atom stereocenters. The van der Waals surface area contributed by atoms with Gasteiger partial charge in [0.05, 0.1) is 4.90 Å². The van der Waals surface area contributed by atoms with Gasteiger partial charge in [0.25, 0.3) is 10.0 Å². The van der Waals surface area contributed by atoms with E-state index in [2.05, 4.69) is 15.0 Å². The standard InChI is InChI=1S/C22H23N3O3S/c1-22(2,16-17-8-4-3-5-9-17)21(26)24-18-11-13-19(14-12-18)29(27,28)25-20-10-6-7-15-23-20/h3-15H,16H2,1-2H3,(H,23,25)(H,24,26). The van der Waals surface area contributed by atoms with Crippen molar-refractivity contribution in [3.63, 3.8) is 0 Å². The van der Waals surface area contributed by atoms with Gasteiger partial charge in [0.2, 0.25) is 5.91 Å². The molecule has 0 radical (unpaired) electrons. The van der Waals surface area contributed by atoms with Crippen molar-refractivity contribution in [3.8, 4) is 0 Å². The van der Waals surface area contributed by atoms with Crippen LogP contribution >= 0.6 is 0 Å². The molecule has 6 nitrogen and oxygen atoms in total. The highest BCUT2D eigenvalue weighted by Gasteiger charge is 2.28. The minimum atomic E-state index is -3.75. The SMILES string of the molecule is CC(C)(Cc1ccccc1)C(=O)Nc1ccc(S(=O)(=O)Nc2ccccn2)cc1. The van der Waals surface area contributed by atoms with E-state index in [-0.39, 0.29) is 16.6 Å². The van der Waals surface area contributed by atoms with Gasteiger partial charge in [-0.25, -0.2) is 13.4 Å². The zero-order chi connectivity index (χ0) is 20.9. The molecule has 2 N–H and O–H groups in total. The molecule has 3 rings (SSSR count). The van der Waals surface area contributed by atoms with Gasteiger partial charge < -0.3 is 5.32 Å². The summed E-state index contributed by atoms with van der Waals surface area (Å²) in [6, 6.07) is 20.8. The van der Waals surface area contributed by atoms with E-state index in [1.54, 1.807) is 30.3 Å². The van der Waals surface area contributed by atoms with Crippen molar-refractivity contribution in [2.75, 3.05) is 10.0 Å². The molecule has 0 aliphatic heterocycles. The van der Waals surface area contributed by atoms with Gasteiger partial charge in [-0.05, 0) is 48.4 Å². The first-order chi connectivity index (χ1) is 13.8. The van der Waals surface area contributed by atoms with Crippen molar-refractivity contribution < 1.29 is 13.2 Å². The van der Waals surface area contributed by atoms with Crippen LogP contribution in [-0.4, -0.2) is 19.3 Å². The van der Waals surface area contributed by atoms with Crippen molar-refractivity contribution in [1.82, 2.24) is 4.98 Å². The van der Waals surface area contributed by atoms with Gasteiger partial charge in [0.1, 0.15) is 5.82 Å². The molecule has 3 aromatic rings. The van der Waals surface area contributed by atoms with Crippen LogP contribution in [0.25, 0.3) is 0 Å². The van der Waals surface area contributed by atoms with Gasteiger partial charge in [-0.1, -0.05) is 50.2 Å². The number of hydrogen-bond donors (Lipinski definition) is 2. The fraction of sp³-hybridized carbons (Fsp3) is 0.182. The van der Waals surface area contributed by atoms with Crippen LogP contribution in [0.2, 0.25) is 0 Å². The molecule has 0 bridgehead atoms. The lowest BCUT2D eigenvalue weighted by molar-refractivity contribution is -0.123. The van der Waals surface area contributed by atoms with E-state index >= 15 is 0 Å². The molecular weight excluding hydrogens is 386 g/mol. The zero-order valence-corrected chi connectivity index (χ0v) is 17.1. The molecule has 0 saturated carbocycles. The van der Waals surface area contributed by atoms with Crippen LogP contribution in [-0.2, 0) is 21.2 Å². The lowest BCUT2D eigenvalue weighted by Gasteiger charge is -2.23. The Morgan fingerprint density at radius 1 is 0.931 bits per heavy atom. The van der Waals surface area contributed by atoms with E-state index in [9.17, 15) is 13.2 Å². The van der Waals surface area contributed by atoms with Crippen molar-refractivity contribution in [2.45, 2.75) is 25.2 Å². The molecule has 0 spiro atoms. The molecule has 29 heavy (non-hydrogen) atoms. The molecule has 0 aliphatic carbocycles. The van der Waals surface area contributed by atoms with Crippen molar-refractivity contribution in [1.29, 1.82) is 0 Å². The Morgan fingerprint density at radius 2 is 1.59 bits per heavy atom. The highest BCUT2D eigenvalue weighted by molar-refractivity contribution is 7.92. The van der Waals surface area contributed by atoms with Gasteiger partial charge in [0.15, 0.2) is 0 Å². The highest BCUT2D eigenvalue weighted by Crippen LogP contribution is 2.25. The number of nitrogens with zero attached hydrogens (tertiary/aromatic N) is 1. The van der Waals surface area contributed by atoms with Crippen molar-refractivity contribution in [3.05, 3.63) is 84.6 Å². The number of sulfonamides is 1. The molecule has 2 aromatic carbocycles. The third-order valence-corrected chi connectivity index (χ3v) is 5.80. The number of rotatable bonds is 7. The Labute approximate surface area is 171 Å². The maximum atomic E-state index is 12.7. The Balaban J connectivity index is 1.67. The maximum Gasteiger partial charge on any atom is 0.263 e. The average Bonchev–Trinajstić information content (AvgIpc) is 2.69. The molecule has 7 heteroatoms. The number of pyridine rings is 1. The number of nitrogens with one attached hydrogen (secondary N) is 2. The van der Waals surface area contributed by atoms with E-state index in [1.165, 1.54) is 18.3 Å². The minimum absolute atomic E-state index is 0.0877. The number of benzene rings is 2. The highest BCUT2D eigenvalue weighted by atomic mass is 32.2. The normalized spacial score (nSPS) is 11.7. The molecule has 0 fully saturated rings. The summed E-state index contributed by atoms with van der Waals surface area (Å²) in [6.45, 7) is 3.76. The Hall–Kier alpha value is -3.19. The Morgan fingerprint density at radius 3 is 2.21 bits per heavy atom. The van der Waals surface area contributed by atoms with Crippen LogP contribution in [0, 0.1) is 5.41 Å². The fourth-order valence-corrected chi connectivity index (χ4v) is 3.83. The summed E-state index contributed by atoms with van der Waals surface area (Å²) in [5.41, 5.74) is 0.995. The topological polar surface area (TPSA) is 88.2 Å². The smallest absolute Gasteiger partial charge is 0.263 e. The van der Waals surface area contributed by atoms with E-state index < -0.39 is 15.4 Å². The van der Waals surface area contributed by atoms with Gasteiger partial charge in [0, 0.05) is 17.3 Å². The summed E-state index contributed by atoms with van der Waals surface area (Å²) >= 11 is 0. The lowest BCUT2D eigenvalue weighted by Crippen LogP contribution is -2.32. The van der Waals surface area contributed by atoms with Gasteiger partial charge in [-0.3, -0.25) is 9.52 Å². The van der Waals surface area contributed by atoms with E-state index in [1.807, 2.05) is 44.2 Å². The van der Waals surface area contributed by atoms with Crippen LogP contribution in [0.4, 0.5) is 11.5 Å². The second-order valence-electron chi connectivity index (χ2n) is 7.35. The van der Waals surface area contributed by atoms with Crippen LogP contribution < -0.4 is 10.0 Å². The number of amides is 1. The molecule has 1 heterocycles. The predicted octanol–water partition coefficient (Wildman–Crippen LogP) is 4.09. The first kappa shape index (κ1) is 20.5. The number of anilines is 2. The average molecular weight is 410 g/mol. The first-order valence-corrected chi connectivity index (χ1v) is 10.6. The van der Waals surface area contributed by atoms with Gasteiger partial charge >= 0.3 is 0 Å². The summed E-state index contributed by atoms with van der Waals surface area (Å²) in [6.07, 6.45) is 2.10. The number of carbonyl (C=O) groups is 1. The minimum Gasteiger partial charge on any atom is -0.326 e. The first-order valence-electron chi connectivity index (χ1n) is 9.16. The van der Waals surface area contributed by atoms with E-state index in [0.29, 0.717) is 12.1 Å². The van der Waals surface area contributed by atoms with Crippen LogP contribution in [0.15, 0.2) is 83.9 Å². The quantitative estimate of drug-likeness (QED) is 0.615. The number of carbonyl (C=O) groups excluding carboxylic acids is 1. The third-order valence-electron chi connectivity index (χ3n) is 4.43. The summed E-state index contributed by atoms with van der Waals surface area (Å²) < 4.78 is 27.3. The predicted molar refractivity (Wildman–Crippen MR) is 114 cm³/mol. The molecule has 1 aromatic heterocycles. The van der Waals surface area contributed by atoms with Crippen LogP contribution in [0.3, 0.4) is 0 Å². The van der Waals surface area contributed by atoms with Gasteiger partial charge in [-0.2, -0.15) is 0 Å². The largest absolute Gasteiger partial charge is 0.326 e. The van der Waals surface area contributed by atoms with E-state index in [0.717, 1.165) is 5.56 Å². The van der Waals surface area contributed by atoms with Crippen LogP contribution in [0.5, 0.6) is 0 Å². The number of hydrogen-bond acceptors (Lipinski definition) is 4. The summed E-state index contributed by atoms with van der Waals surface area (Å²) in [4.78, 5) is 16.8. The summed E-state index contributed by atoms with van der Waals surface area (Å²) in [5.74, 6) is 0.108. The van der Waals surface area contributed by atoms with Gasteiger partial charge in [-0.15, -0.1) is 0 Å². The second-order valence-corrected chi connectivity index (χ2v) is 9.03. The Kier molecular flexibility index (Phi) is 5.98. The van der Waals surface area contributed by atoms with Crippen molar-refractivity contribution in [2.24, 2.45) is 5.41 Å². The van der Waals surface area contributed by atoms with Crippen molar-refractivity contribution >= 4 is 27.4 Å². The monoisotopic (exact) mass is 409 g/mol. The summed E-state index contributed by atoms with van der Waals surface area (Å²) in [5, 5.41) is 2.86. The third kappa shape index (κ3) is 5.42. The summed E-state index contributed by atoms with van der Waals surface area (Å²) in [7, 11) is -3.75. The molecule has 0 unspecified atom stereocenters. The van der Waals surface area contributed by atoms with Crippen LogP contribution in [0.1, 0.15) is 19.4 Å². The molecular formula is C22H23N3O3S. The maximum absolute atomic E-state index is 12.7. The molecule has 1 amide bonds. The Bertz CT molecular complexity index is 1070. The number of aromatic nitrogens is 1. The lowest BCUT2D eigenvalue weighted by atomic mass is 9.85.